The van der Waals surface area contributed by atoms with Crippen LogP contribution in [0.5, 0.6) is 5.75 Å². The van der Waals surface area contributed by atoms with E-state index < -0.39 is 0 Å². The van der Waals surface area contributed by atoms with Gasteiger partial charge in [0.25, 0.3) is 0 Å². The van der Waals surface area contributed by atoms with Crippen molar-refractivity contribution >= 4 is 50.5 Å². The zero-order chi connectivity index (χ0) is 14.0. The van der Waals surface area contributed by atoms with Gasteiger partial charge in [-0.2, -0.15) is 0 Å². The van der Waals surface area contributed by atoms with Crippen molar-refractivity contribution in [1.29, 1.82) is 0 Å². The lowest BCUT2D eigenvalue weighted by Gasteiger charge is -2.11. The summed E-state index contributed by atoms with van der Waals surface area (Å²) >= 11 is 17.2. The Morgan fingerprint density at radius 2 is 2.05 bits per heavy atom. The van der Waals surface area contributed by atoms with Gasteiger partial charge in [-0.25, -0.2) is 4.98 Å². The first-order valence-electron chi connectivity index (χ1n) is 5.61. The van der Waals surface area contributed by atoms with Crippen LogP contribution in [0.2, 0.25) is 10.0 Å². The summed E-state index contributed by atoms with van der Waals surface area (Å²) in [5.41, 5.74) is 1.98. The summed E-state index contributed by atoms with van der Waals surface area (Å²) in [5.74, 6) is 0.661. The zero-order valence-electron chi connectivity index (χ0n) is 10.5. The maximum Gasteiger partial charge on any atom is 0.142 e. The molecule has 2 rings (SSSR count). The fourth-order valence-corrected chi connectivity index (χ4v) is 3.46. The van der Waals surface area contributed by atoms with E-state index in [-0.39, 0.29) is 0 Å². The number of hydrogen-bond acceptors (Lipinski definition) is 3. The number of aryl methyl sites for hydroxylation is 2. The Morgan fingerprint density at radius 1 is 1.32 bits per heavy atom. The average molecular weight is 381 g/mol. The molecule has 0 aliphatic rings. The minimum Gasteiger partial charge on any atom is -0.485 e. The van der Waals surface area contributed by atoms with Crippen LogP contribution in [0.3, 0.4) is 0 Å². The summed E-state index contributed by atoms with van der Waals surface area (Å²) in [6.45, 7) is 4.46. The highest BCUT2D eigenvalue weighted by Gasteiger charge is 2.11. The Bertz CT molecular complexity index is 581. The molecule has 0 aliphatic heterocycles. The number of rotatable bonds is 4. The van der Waals surface area contributed by atoms with Crippen LogP contribution in [0.4, 0.5) is 0 Å². The second-order valence-corrected chi connectivity index (χ2v) is 6.74. The Labute approximate surface area is 134 Å². The number of hydrogen-bond donors (Lipinski definition) is 0. The van der Waals surface area contributed by atoms with Crippen LogP contribution >= 0.6 is 50.5 Å². The van der Waals surface area contributed by atoms with Gasteiger partial charge < -0.3 is 4.74 Å². The fourth-order valence-electron chi connectivity index (χ4n) is 1.61. The molecule has 0 fully saturated rings. The van der Waals surface area contributed by atoms with E-state index >= 15 is 0 Å². The van der Waals surface area contributed by atoms with Gasteiger partial charge in [0.15, 0.2) is 0 Å². The highest BCUT2D eigenvalue weighted by Crippen LogP contribution is 2.34. The third-order valence-electron chi connectivity index (χ3n) is 2.64. The summed E-state index contributed by atoms with van der Waals surface area (Å²) in [6.07, 6.45) is 0. The van der Waals surface area contributed by atoms with E-state index in [0.29, 0.717) is 27.7 Å². The molecule has 102 valence electrons. The normalized spacial score (nSPS) is 10.8. The van der Waals surface area contributed by atoms with E-state index in [1.807, 2.05) is 13.0 Å². The average Bonchev–Trinajstić information content (AvgIpc) is 2.66. The summed E-state index contributed by atoms with van der Waals surface area (Å²) < 4.78 is 5.80. The van der Waals surface area contributed by atoms with E-state index in [1.165, 1.54) is 4.88 Å². The zero-order valence-corrected chi connectivity index (χ0v) is 14.4. The van der Waals surface area contributed by atoms with Crippen molar-refractivity contribution in [2.75, 3.05) is 0 Å². The van der Waals surface area contributed by atoms with Gasteiger partial charge in [0.1, 0.15) is 17.4 Å². The second kappa shape index (κ2) is 6.44. The minimum absolute atomic E-state index is 0.417. The lowest BCUT2D eigenvalue weighted by molar-refractivity contribution is 0.303. The maximum absolute atomic E-state index is 6.17. The molecule has 1 aromatic heterocycles. The lowest BCUT2D eigenvalue weighted by atomic mass is 10.2. The van der Waals surface area contributed by atoms with Crippen LogP contribution in [-0.2, 0) is 11.9 Å². The van der Waals surface area contributed by atoms with Gasteiger partial charge in [-0.05, 0) is 26.0 Å². The molecule has 0 saturated heterocycles. The number of benzene rings is 1. The molecule has 0 N–H and O–H groups in total. The third kappa shape index (κ3) is 3.63. The first-order valence-corrected chi connectivity index (χ1v) is 8.30. The van der Waals surface area contributed by atoms with Crippen molar-refractivity contribution < 1.29 is 4.74 Å². The van der Waals surface area contributed by atoms with E-state index in [4.69, 9.17) is 27.9 Å². The highest BCUT2D eigenvalue weighted by atomic mass is 79.9. The van der Waals surface area contributed by atoms with Gasteiger partial charge in [-0.3, -0.25) is 0 Å². The molecule has 0 spiro atoms. The summed E-state index contributed by atoms with van der Waals surface area (Å²) in [5, 5.41) is 2.71. The SMILES string of the molecule is Cc1nc(COc2c(Cl)cc(Cl)cc2CBr)sc1C. The smallest absolute Gasteiger partial charge is 0.142 e. The Balaban J connectivity index is 2.19. The van der Waals surface area contributed by atoms with Crippen LogP contribution < -0.4 is 4.74 Å². The van der Waals surface area contributed by atoms with Gasteiger partial charge in [0.05, 0.1) is 10.7 Å². The van der Waals surface area contributed by atoms with E-state index in [9.17, 15) is 0 Å². The Kier molecular flexibility index (Phi) is 5.12. The molecule has 1 heterocycles. The van der Waals surface area contributed by atoms with Gasteiger partial charge in [-0.1, -0.05) is 39.1 Å². The molecule has 0 unspecified atom stereocenters. The molecule has 0 amide bonds. The van der Waals surface area contributed by atoms with Gasteiger partial charge in [-0.15, -0.1) is 11.3 Å². The van der Waals surface area contributed by atoms with Crippen molar-refractivity contribution in [3.05, 3.63) is 43.3 Å². The molecule has 2 nitrogen and oxygen atoms in total. The van der Waals surface area contributed by atoms with E-state index in [0.717, 1.165) is 16.3 Å². The molecule has 6 heteroatoms. The fraction of sp³-hybridized carbons (Fsp3) is 0.308. The van der Waals surface area contributed by atoms with Crippen LogP contribution in [-0.4, -0.2) is 4.98 Å². The van der Waals surface area contributed by atoms with Crippen molar-refractivity contribution in [2.24, 2.45) is 0 Å². The van der Waals surface area contributed by atoms with Crippen molar-refractivity contribution in [3.8, 4) is 5.75 Å². The molecule has 0 aliphatic carbocycles. The Hall–Kier alpha value is -0.290. The van der Waals surface area contributed by atoms with Crippen LogP contribution in [0.1, 0.15) is 21.1 Å². The molecule has 0 radical (unpaired) electrons. The molecule has 1 aromatic carbocycles. The number of nitrogens with zero attached hydrogens (tertiary/aromatic N) is 1. The Morgan fingerprint density at radius 3 is 2.63 bits per heavy atom. The van der Waals surface area contributed by atoms with Crippen LogP contribution in [0.15, 0.2) is 12.1 Å². The minimum atomic E-state index is 0.417. The number of ether oxygens (including phenoxy) is 1. The predicted octanol–water partition coefficient (Wildman–Crippen LogP) is 5.54. The molecule has 0 atom stereocenters. The van der Waals surface area contributed by atoms with E-state index in [2.05, 4.69) is 27.8 Å². The largest absolute Gasteiger partial charge is 0.485 e. The molecule has 2 aromatic rings. The summed E-state index contributed by atoms with van der Waals surface area (Å²) in [4.78, 5) is 5.65. The topological polar surface area (TPSA) is 22.1 Å². The highest BCUT2D eigenvalue weighted by molar-refractivity contribution is 9.08. The monoisotopic (exact) mass is 379 g/mol. The molecule has 0 saturated carbocycles. The summed E-state index contributed by atoms with van der Waals surface area (Å²) in [7, 11) is 0. The summed E-state index contributed by atoms with van der Waals surface area (Å²) in [6, 6.07) is 3.53. The van der Waals surface area contributed by atoms with Gasteiger partial charge >= 0.3 is 0 Å². The lowest BCUT2D eigenvalue weighted by Crippen LogP contribution is -1.98. The predicted molar refractivity (Wildman–Crippen MR) is 85.0 cm³/mol. The molecular weight excluding hydrogens is 369 g/mol. The second-order valence-electron chi connectivity index (χ2n) is 4.05. The number of halogens is 3. The van der Waals surface area contributed by atoms with Crippen molar-refractivity contribution in [3.63, 3.8) is 0 Å². The number of aromatic nitrogens is 1. The van der Waals surface area contributed by atoms with Gasteiger partial charge in [0.2, 0.25) is 0 Å². The van der Waals surface area contributed by atoms with Crippen LogP contribution in [0, 0.1) is 13.8 Å². The number of alkyl halides is 1. The quantitative estimate of drug-likeness (QED) is 0.649. The standard InChI is InChI=1S/C13H12BrCl2NOS/c1-7-8(2)19-12(17-7)6-18-13-9(5-14)3-10(15)4-11(13)16/h3-4H,5-6H2,1-2H3. The van der Waals surface area contributed by atoms with Crippen LogP contribution in [0.25, 0.3) is 0 Å². The van der Waals surface area contributed by atoms with Crippen molar-refractivity contribution in [1.82, 2.24) is 4.98 Å². The first kappa shape index (κ1) is 15.1. The maximum atomic E-state index is 6.17. The third-order valence-corrected chi connectivity index (χ3v) is 4.79. The molecular formula is C13H12BrCl2NOS. The van der Waals surface area contributed by atoms with E-state index in [1.54, 1.807) is 17.4 Å². The first-order chi connectivity index (χ1) is 9.01. The molecule has 0 bridgehead atoms. The number of thiazole rings is 1. The molecule has 19 heavy (non-hydrogen) atoms. The van der Waals surface area contributed by atoms with Crippen molar-refractivity contribution in [2.45, 2.75) is 25.8 Å². The van der Waals surface area contributed by atoms with Gasteiger partial charge in [0, 0.05) is 20.8 Å².